The molecule has 1 N–H and O–H groups in total. The third kappa shape index (κ3) is 3.27. The van der Waals surface area contributed by atoms with Gasteiger partial charge < -0.3 is 9.73 Å². The highest BCUT2D eigenvalue weighted by Gasteiger charge is 2.11. The molecular weight excluding hydrogens is 234 g/mol. The molecule has 102 valence electrons. The summed E-state index contributed by atoms with van der Waals surface area (Å²) in [4.78, 5) is 0. The fourth-order valence-corrected chi connectivity index (χ4v) is 2.28. The Morgan fingerprint density at radius 2 is 1.95 bits per heavy atom. The fraction of sp³-hybridized carbons (Fsp3) is 0.412. The molecule has 0 aliphatic heterocycles. The van der Waals surface area contributed by atoms with E-state index >= 15 is 0 Å². The Bertz CT molecular complexity index is 542. The molecule has 2 rings (SSSR count). The van der Waals surface area contributed by atoms with E-state index in [1.807, 2.05) is 0 Å². The summed E-state index contributed by atoms with van der Waals surface area (Å²) in [6.07, 6.45) is 1.13. The molecule has 2 heteroatoms. The summed E-state index contributed by atoms with van der Waals surface area (Å²) < 4.78 is 5.99. The number of benzene rings is 1. The molecule has 0 radical (unpaired) electrons. The molecule has 1 aromatic carbocycles. The Kier molecular flexibility index (Phi) is 4.43. The zero-order chi connectivity index (χ0) is 13.8. The highest BCUT2D eigenvalue weighted by molar-refractivity contribution is 5.62. The SMILES string of the molecule is CCCNC(C)c1ccc(-c2ccc(C)cc2C)o1. The molecule has 0 aliphatic carbocycles. The third-order valence-corrected chi connectivity index (χ3v) is 3.40. The lowest BCUT2D eigenvalue weighted by atomic mass is 10.0. The van der Waals surface area contributed by atoms with Gasteiger partial charge in [0, 0.05) is 5.56 Å². The van der Waals surface area contributed by atoms with Crippen LogP contribution in [-0.4, -0.2) is 6.54 Å². The molecule has 0 amide bonds. The number of hydrogen-bond acceptors (Lipinski definition) is 2. The topological polar surface area (TPSA) is 25.2 Å². The Hall–Kier alpha value is -1.54. The zero-order valence-corrected chi connectivity index (χ0v) is 12.3. The van der Waals surface area contributed by atoms with Crippen LogP contribution in [0, 0.1) is 13.8 Å². The van der Waals surface area contributed by atoms with Crippen LogP contribution in [0.3, 0.4) is 0 Å². The summed E-state index contributed by atoms with van der Waals surface area (Å²) >= 11 is 0. The van der Waals surface area contributed by atoms with E-state index in [2.05, 4.69) is 63.3 Å². The number of furan rings is 1. The van der Waals surface area contributed by atoms with Gasteiger partial charge in [0.05, 0.1) is 6.04 Å². The molecule has 1 atom stereocenters. The molecule has 19 heavy (non-hydrogen) atoms. The van der Waals surface area contributed by atoms with E-state index in [1.54, 1.807) is 0 Å². The molecule has 0 spiro atoms. The molecular formula is C17H23NO. The van der Waals surface area contributed by atoms with Gasteiger partial charge in [-0.05, 0) is 51.4 Å². The van der Waals surface area contributed by atoms with Crippen LogP contribution in [0.15, 0.2) is 34.7 Å². The first-order valence-corrected chi connectivity index (χ1v) is 7.02. The van der Waals surface area contributed by atoms with Gasteiger partial charge in [0.15, 0.2) is 0 Å². The van der Waals surface area contributed by atoms with Crippen LogP contribution in [-0.2, 0) is 0 Å². The lowest BCUT2D eigenvalue weighted by molar-refractivity contribution is 0.438. The van der Waals surface area contributed by atoms with E-state index in [9.17, 15) is 0 Å². The molecule has 0 saturated carbocycles. The van der Waals surface area contributed by atoms with E-state index in [-0.39, 0.29) is 6.04 Å². The molecule has 2 nitrogen and oxygen atoms in total. The van der Waals surface area contributed by atoms with E-state index in [0.29, 0.717) is 0 Å². The van der Waals surface area contributed by atoms with Crippen molar-refractivity contribution in [1.82, 2.24) is 5.32 Å². The van der Waals surface area contributed by atoms with Crippen molar-refractivity contribution in [3.05, 3.63) is 47.2 Å². The van der Waals surface area contributed by atoms with E-state index in [4.69, 9.17) is 4.42 Å². The van der Waals surface area contributed by atoms with Gasteiger partial charge in [0.2, 0.25) is 0 Å². The minimum Gasteiger partial charge on any atom is -0.459 e. The lowest BCUT2D eigenvalue weighted by Gasteiger charge is -2.10. The zero-order valence-electron chi connectivity index (χ0n) is 12.3. The van der Waals surface area contributed by atoms with Crippen LogP contribution in [0.5, 0.6) is 0 Å². The summed E-state index contributed by atoms with van der Waals surface area (Å²) in [5, 5.41) is 3.44. The average molecular weight is 257 g/mol. The van der Waals surface area contributed by atoms with Crippen LogP contribution < -0.4 is 5.32 Å². The van der Waals surface area contributed by atoms with Gasteiger partial charge in [0.25, 0.3) is 0 Å². The average Bonchev–Trinajstić information content (AvgIpc) is 2.85. The van der Waals surface area contributed by atoms with E-state index in [1.165, 1.54) is 16.7 Å². The maximum Gasteiger partial charge on any atom is 0.134 e. The van der Waals surface area contributed by atoms with Crippen molar-refractivity contribution in [3.8, 4) is 11.3 Å². The van der Waals surface area contributed by atoms with E-state index in [0.717, 1.165) is 24.5 Å². The number of nitrogens with one attached hydrogen (secondary N) is 1. The minimum atomic E-state index is 0.263. The molecule has 2 aromatic rings. The summed E-state index contributed by atoms with van der Waals surface area (Å²) in [5.74, 6) is 1.96. The van der Waals surface area contributed by atoms with Crippen LogP contribution in [0.1, 0.15) is 43.2 Å². The molecule has 1 aromatic heterocycles. The number of rotatable bonds is 5. The number of hydrogen-bond donors (Lipinski definition) is 1. The maximum absolute atomic E-state index is 5.99. The lowest BCUT2D eigenvalue weighted by Crippen LogP contribution is -2.18. The van der Waals surface area contributed by atoms with Crippen LogP contribution in [0.4, 0.5) is 0 Å². The molecule has 0 saturated heterocycles. The van der Waals surface area contributed by atoms with Crippen molar-refractivity contribution in [2.75, 3.05) is 6.54 Å². The first-order valence-electron chi connectivity index (χ1n) is 7.02. The summed E-state index contributed by atoms with van der Waals surface area (Å²) in [6, 6.07) is 10.9. The predicted molar refractivity (Wildman–Crippen MR) is 80.3 cm³/mol. The van der Waals surface area contributed by atoms with Crippen molar-refractivity contribution < 1.29 is 4.42 Å². The first kappa shape index (κ1) is 13.9. The van der Waals surface area contributed by atoms with Crippen molar-refractivity contribution in [2.45, 2.75) is 40.2 Å². The molecule has 0 fully saturated rings. The predicted octanol–water partition coefficient (Wildman–Crippen LogP) is 4.62. The quantitative estimate of drug-likeness (QED) is 0.845. The van der Waals surface area contributed by atoms with Gasteiger partial charge in [-0.15, -0.1) is 0 Å². The number of aryl methyl sites for hydroxylation is 2. The van der Waals surface area contributed by atoms with Gasteiger partial charge in [-0.25, -0.2) is 0 Å². The van der Waals surface area contributed by atoms with Crippen LogP contribution >= 0.6 is 0 Å². The van der Waals surface area contributed by atoms with Crippen molar-refractivity contribution in [3.63, 3.8) is 0 Å². The molecule has 1 unspecified atom stereocenters. The molecule has 0 bridgehead atoms. The minimum absolute atomic E-state index is 0.263. The van der Waals surface area contributed by atoms with Gasteiger partial charge in [0.1, 0.15) is 11.5 Å². The fourth-order valence-electron chi connectivity index (χ4n) is 2.28. The second kappa shape index (κ2) is 6.07. The highest BCUT2D eigenvalue weighted by Crippen LogP contribution is 2.28. The van der Waals surface area contributed by atoms with Gasteiger partial charge in [-0.2, -0.15) is 0 Å². The van der Waals surface area contributed by atoms with Crippen LogP contribution in [0.25, 0.3) is 11.3 Å². The largest absolute Gasteiger partial charge is 0.459 e. The standard InChI is InChI=1S/C17H23NO/c1-5-10-18-14(4)16-8-9-17(19-16)15-7-6-12(2)11-13(15)3/h6-9,11,14,18H,5,10H2,1-4H3. The Morgan fingerprint density at radius 3 is 2.63 bits per heavy atom. The van der Waals surface area contributed by atoms with Gasteiger partial charge in [-0.1, -0.05) is 30.7 Å². The highest BCUT2D eigenvalue weighted by atomic mass is 16.3. The molecule has 1 heterocycles. The van der Waals surface area contributed by atoms with Gasteiger partial charge >= 0.3 is 0 Å². The summed E-state index contributed by atoms with van der Waals surface area (Å²) in [5.41, 5.74) is 3.72. The monoisotopic (exact) mass is 257 g/mol. The second-order valence-corrected chi connectivity index (χ2v) is 5.20. The first-order chi connectivity index (χ1) is 9.11. The van der Waals surface area contributed by atoms with Crippen LogP contribution in [0.2, 0.25) is 0 Å². The summed E-state index contributed by atoms with van der Waals surface area (Å²) in [7, 11) is 0. The Labute approximate surface area is 115 Å². The smallest absolute Gasteiger partial charge is 0.134 e. The maximum atomic E-state index is 5.99. The second-order valence-electron chi connectivity index (χ2n) is 5.20. The van der Waals surface area contributed by atoms with Crippen molar-refractivity contribution >= 4 is 0 Å². The Morgan fingerprint density at radius 1 is 1.16 bits per heavy atom. The van der Waals surface area contributed by atoms with Crippen molar-refractivity contribution in [1.29, 1.82) is 0 Å². The van der Waals surface area contributed by atoms with E-state index < -0.39 is 0 Å². The van der Waals surface area contributed by atoms with Gasteiger partial charge in [-0.3, -0.25) is 0 Å². The van der Waals surface area contributed by atoms with Crippen molar-refractivity contribution in [2.24, 2.45) is 0 Å². The summed E-state index contributed by atoms with van der Waals surface area (Å²) in [6.45, 7) is 9.56. The third-order valence-electron chi connectivity index (χ3n) is 3.40. The Balaban J connectivity index is 2.20. The molecule has 0 aliphatic rings. The normalized spacial score (nSPS) is 12.6.